The van der Waals surface area contributed by atoms with Crippen LogP contribution in [0.2, 0.25) is 0 Å². The first-order valence-corrected chi connectivity index (χ1v) is 9.89. The lowest BCUT2D eigenvalue weighted by molar-refractivity contribution is 0.249. The van der Waals surface area contributed by atoms with E-state index >= 15 is 0 Å². The van der Waals surface area contributed by atoms with Crippen molar-refractivity contribution in [3.05, 3.63) is 70.4 Å². The number of nitriles is 1. The van der Waals surface area contributed by atoms with E-state index in [-0.39, 0.29) is 0 Å². The highest BCUT2D eigenvalue weighted by Gasteiger charge is 2.22. The van der Waals surface area contributed by atoms with E-state index in [0.717, 1.165) is 49.8 Å². The van der Waals surface area contributed by atoms with Gasteiger partial charge in [0.15, 0.2) is 0 Å². The second-order valence-electron chi connectivity index (χ2n) is 7.74. The summed E-state index contributed by atoms with van der Waals surface area (Å²) < 4.78 is 0. The van der Waals surface area contributed by atoms with Crippen LogP contribution < -0.4 is 4.90 Å². The third kappa shape index (κ3) is 3.46. The summed E-state index contributed by atoms with van der Waals surface area (Å²) in [5.41, 5.74) is 5.47. The van der Waals surface area contributed by atoms with Crippen LogP contribution in [0.3, 0.4) is 0 Å². The first-order valence-electron chi connectivity index (χ1n) is 9.89. The summed E-state index contributed by atoms with van der Waals surface area (Å²) in [6.45, 7) is 10.9. The van der Waals surface area contributed by atoms with Crippen LogP contribution in [0.15, 0.2) is 42.5 Å². The fraction of sp³-hybridized carbons (Fsp3) is 0.333. The number of piperazine rings is 1. The summed E-state index contributed by atoms with van der Waals surface area (Å²) in [5.74, 6) is 0.848. The minimum atomic E-state index is 0.712. The first-order chi connectivity index (χ1) is 13.6. The Balaban J connectivity index is 1.52. The Morgan fingerprint density at radius 3 is 2.46 bits per heavy atom. The van der Waals surface area contributed by atoms with Crippen molar-refractivity contribution in [2.24, 2.45) is 0 Å². The van der Waals surface area contributed by atoms with Gasteiger partial charge in [0.2, 0.25) is 0 Å². The number of nitrogens with zero attached hydrogens (tertiary/aromatic N) is 4. The Bertz CT molecular complexity index is 1060. The molecule has 0 N–H and O–H groups in total. The predicted molar refractivity (Wildman–Crippen MR) is 115 cm³/mol. The first kappa shape index (κ1) is 18.5. The van der Waals surface area contributed by atoms with Crippen molar-refractivity contribution in [3.63, 3.8) is 0 Å². The summed E-state index contributed by atoms with van der Waals surface area (Å²) >= 11 is 0. The number of pyridine rings is 1. The molecule has 0 radical (unpaired) electrons. The highest BCUT2D eigenvalue weighted by molar-refractivity contribution is 5.86. The Kier molecular flexibility index (Phi) is 5.02. The van der Waals surface area contributed by atoms with Crippen molar-refractivity contribution in [2.45, 2.75) is 27.3 Å². The molecule has 1 aliphatic heterocycles. The summed E-state index contributed by atoms with van der Waals surface area (Å²) in [5, 5.41) is 12.2. The van der Waals surface area contributed by atoms with Crippen molar-refractivity contribution in [1.82, 2.24) is 9.88 Å². The Morgan fingerprint density at radius 1 is 0.964 bits per heavy atom. The van der Waals surface area contributed by atoms with E-state index in [2.05, 4.69) is 64.2 Å². The smallest absolute Gasteiger partial charge is 0.147 e. The number of benzene rings is 2. The van der Waals surface area contributed by atoms with Gasteiger partial charge in [-0.1, -0.05) is 36.4 Å². The molecule has 0 atom stereocenters. The lowest BCUT2D eigenvalue weighted by Crippen LogP contribution is -2.46. The normalized spacial score (nSPS) is 15.0. The molecule has 0 spiro atoms. The molecular formula is C24H26N4. The predicted octanol–water partition coefficient (Wildman–Crippen LogP) is 4.35. The summed E-state index contributed by atoms with van der Waals surface area (Å²) in [6.07, 6.45) is 0. The molecule has 4 rings (SSSR count). The third-order valence-corrected chi connectivity index (χ3v) is 5.77. The molecule has 2 heterocycles. The van der Waals surface area contributed by atoms with Crippen LogP contribution in [0.4, 0.5) is 5.82 Å². The fourth-order valence-corrected chi connectivity index (χ4v) is 4.18. The number of fused-ring (bicyclic) bond motifs is 1. The van der Waals surface area contributed by atoms with Crippen LogP contribution in [-0.2, 0) is 6.54 Å². The van der Waals surface area contributed by atoms with Crippen molar-refractivity contribution in [1.29, 1.82) is 5.26 Å². The van der Waals surface area contributed by atoms with Gasteiger partial charge in [-0.05, 0) is 54.3 Å². The average Bonchev–Trinajstić information content (AvgIpc) is 2.70. The van der Waals surface area contributed by atoms with E-state index in [1.807, 2.05) is 19.9 Å². The van der Waals surface area contributed by atoms with Gasteiger partial charge in [-0.2, -0.15) is 5.26 Å². The third-order valence-electron chi connectivity index (χ3n) is 5.77. The zero-order valence-electron chi connectivity index (χ0n) is 16.9. The zero-order valence-corrected chi connectivity index (χ0v) is 16.9. The highest BCUT2D eigenvalue weighted by Crippen LogP contribution is 2.26. The van der Waals surface area contributed by atoms with Gasteiger partial charge in [0.05, 0.1) is 5.56 Å². The lowest BCUT2D eigenvalue weighted by atomic mass is 9.99. The van der Waals surface area contributed by atoms with Gasteiger partial charge in [-0.15, -0.1) is 0 Å². The van der Waals surface area contributed by atoms with E-state index in [1.165, 1.54) is 21.9 Å². The maximum Gasteiger partial charge on any atom is 0.147 e. The van der Waals surface area contributed by atoms with E-state index in [4.69, 9.17) is 0 Å². The molecule has 1 saturated heterocycles. The van der Waals surface area contributed by atoms with Gasteiger partial charge >= 0.3 is 0 Å². The minimum absolute atomic E-state index is 0.712. The van der Waals surface area contributed by atoms with Crippen LogP contribution in [0.25, 0.3) is 10.8 Å². The average molecular weight is 371 g/mol. The lowest BCUT2D eigenvalue weighted by Gasteiger charge is -2.36. The van der Waals surface area contributed by atoms with Crippen LogP contribution in [-0.4, -0.2) is 36.1 Å². The molecule has 0 bridgehead atoms. The Labute approximate surface area is 167 Å². The van der Waals surface area contributed by atoms with Gasteiger partial charge in [0.25, 0.3) is 0 Å². The molecule has 28 heavy (non-hydrogen) atoms. The molecule has 0 aliphatic carbocycles. The van der Waals surface area contributed by atoms with E-state index in [0.29, 0.717) is 5.56 Å². The number of rotatable bonds is 3. The summed E-state index contributed by atoms with van der Waals surface area (Å²) in [7, 11) is 0. The van der Waals surface area contributed by atoms with Gasteiger partial charge in [0.1, 0.15) is 11.9 Å². The topological polar surface area (TPSA) is 43.2 Å². The highest BCUT2D eigenvalue weighted by atomic mass is 15.3. The molecule has 1 aromatic heterocycles. The maximum atomic E-state index is 9.57. The van der Waals surface area contributed by atoms with Crippen LogP contribution in [0, 0.1) is 32.1 Å². The van der Waals surface area contributed by atoms with Crippen LogP contribution in [0.5, 0.6) is 0 Å². The molecular weight excluding hydrogens is 344 g/mol. The van der Waals surface area contributed by atoms with Crippen molar-refractivity contribution in [3.8, 4) is 6.07 Å². The summed E-state index contributed by atoms with van der Waals surface area (Å²) in [6, 6.07) is 17.4. The molecule has 0 saturated carbocycles. The van der Waals surface area contributed by atoms with Gasteiger partial charge in [0, 0.05) is 38.4 Å². The molecule has 1 aliphatic rings. The molecule has 0 unspecified atom stereocenters. The molecule has 4 nitrogen and oxygen atoms in total. The second-order valence-corrected chi connectivity index (χ2v) is 7.74. The SMILES string of the molecule is Cc1cc(C)c(C#N)c(N2CCN(Cc3c(C)ccc4ccccc34)CC2)n1. The standard InChI is InChI=1S/C24H26N4/c1-17-8-9-20-6-4-5-7-21(20)23(17)16-27-10-12-28(13-11-27)24-22(15-25)18(2)14-19(3)26-24/h4-9,14H,10-13,16H2,1-3H3. The summed E-state index contributed by atoms with van der Waals surface area (Å²) in [4.78, 5) is 9.46. The molecule has 4 heteroatoms. The monoisotopic (exact) mass is 370 g/mol. The van der Waals surface area contributed by atoms with Crippen LogP contribution in [0.1, 0.15) is 27.9 Å². The number of anilines is 1. The van der Waals surface area contributed by atoms with Crippen molar-refractivity contribution in [2.75, 3.05) is 31.1 Å². The molecule has 1 fully saturated rings. The number of hydrogen-bond donors (Lipinski definition) is 0. The molecule has 2 aromatic carbocycles. The fourth-order valence-electron chi connectivity index (χ4n) is 4.18. The maximum absolute atomic E-state index is 9.57. The van der Waals surface area contributed by atoms with Gasteiger partial charge in [-0.25, -0.2) is 4.98 Å². The number of aromatic nitrogens is 1. The number of aryl methyl sites for hydroxylation is 3. The second kappa shape index (κ2) is 7.61. The molecule has 0 amide bonds. The quantitative estimate of drug-likeness (QED) is 0.687. The largest absolute Gasteiger partial charge is 0.353 e. The van der Waals surface area contributed by atoms with E-state index in [1.54, 1.807) is 0 Å². The van der Waals surface area contributed by atoms with E-state index < -0.39 is 0 Å². The minimum Gasteiger partial charge on any atom is -0.353 e. The Hall–Kier alpha value is -2.90. The van der Waals surface area contributed by atoms with Gasteiger partial charge < -0.3 is 4.90 Å². The Morgan fingerprint density at radius 2 is 1.71 bits per heavy atom. The molecule has 3 aromatic rings. The number of hydrogen-bond acceptors (Lipinski definition) is 4. The van der Waals surface area contributed by atoms with Crippen molar-refractivity contribution >= 4 is 16.6 Å². The molecule has 142 valence electrons. The van der Waals surface area contributed by atoms with Crippen molar-refractivity contribution < 1.29 is 0 Å². The van der Waals surface area contributed by atoms with Gasteiger partial charge in [-0.3, -0.25) is 4.90 Å². The zero-order chi connectivity index (χ0) is 19.7. The van der Waals surface area contributed by atoms with Crippen LogP contribution >= 0.6 is 0 Å². The van der Waals surface area contributed by atoms with E-state index in [9.17, 15) is 5.26 Å².